The van der Waals surface area contributed by atoms with E-state index in [2.05, 4.69) is 10.4 Å². The summed E-state index contributed by atoms with van der Waals surface area (Å²) < 4.78 is 11.7. The van der Waals surface area contributed by atoms with Gasteiger partial charge in [-0.25, -0.2) is 0 Å². The van der Waals surface area contributed by atoms with Crippen molar-refractivity contribution in [2.24, 2.45) is 0 Å². The van der Waals surface area contributed by atoms with Crippen molar-refractivity contribution >= 4 is 35.0 Å². The molecule has 162 valence electrons. The van der Waals surface area contributed by atoms with Gasteiger partial charge in [0.2, 0.25) is 5.91 Å². The second kappa shape index (κ2) is 9.89. The van der Waals surface area contributed by atoms with Crippen molar-refractivity contribution in [2.75, 3.05) is 19.5 Å². The van der Waals surface area contributed by atoms with Crippen molar-refractivity contribution in [1.29, 1.82) is 0 Å². The zero-order valence-electron chi connectivity index (χ0n) is 17.5. The maximum Gasteiger partial charge on any atom is 0.271 e. The number of amides is 1. The molecular weight excluding hydrogens is 438 g/mol. The monoisotopic (exact) mass is 459 g/mol. The van der Waals surface area contributed by atoms with Gasteiger partial charge in [-0.05, 0) is 49.7 Å². The molecule has 0 spiro atoms. The quantitative estimate of drug-likeness (QED) is 0.529. The molecule has 2 aromatic carbocycles. The Labute approximate surface area is 189 Å². The van der Waals surface area contributed by atoms with E-state index in [1.807, 2.05) is 13.0 Å². The van der Waals surface area contributed by atoms with Crippen molar-refractivity contribution in [2.45, 2.75) is 24.1 Å². The SMILES string of the molecule is COc1ccc(NC(=O)[C@H](C)Sc2ccc(=O)n(-c3ccc(C)c(Cl)c3)n2)cc1OC. The third kappa shape index (κ3) is 5.39. The molecular formula is C22H22ClN3O4S. The minimum atomic E-state index is -0.465. The number of hydrogen-bond donors (Lipinski definition) is 1. The van der Waals surface area contributed by atoms with Gasteiger partial charge in [0.25, 0.3) is 5.56 Å². The van der Waals surface area contributed by atoms with E-state index in [1.54, 1.807) is 50.4 Å². The lowest BCUT2D eigenvalue weighted by Gasteiger charge is -2.14. The van der Waals surface area contributed by atoms with E-state index in [-0.39, 0.29) is 11.5 Å². The highest BCUT2D eigenvalue weighted by molar-refractivity contribution is 8.00. The summed E-state index contributed by atoms with van der Waals surface area (Å²) in [5, 5.41) is 7.85. The van der Waals surface area contributed by atoms with Crippen LogP contribution in [0.5, 0.6) is 11.5 Å². The van der Waals surface area contributed by atoms with Crippen molar-refractivity contribution < 1.29 is 14.3 Å². The summed E-state index contributed by atoms with van der Waals surface area (Å²) in [4.78, 5) is 24.9. The average molecular weight is 460 g/mol. The van der Waals surface area contributed by atoms with Crippen LogP contribution in [0.2, 0.25) is 5.02 Å². The first-order valence-electron chi connectivity index (χ1n) is 9.39. The number of carbonyl (C=O) groups excluding carboxylic acids is 1. The van der Waals surface area contributed by atoms with Gasteiger partial charge < -0.3 is 14.8 Å². The Morgan fingerprint density at radius 1 is 1.10 bits per heavy atom. The van der Waals surface area contributed by atoms with E-state index in [0.717, 1.165) is 5.56 Å². The van der Waals surface area contributed by atoms with Crippen LogP contribution in [0.3, 0.4) is 0 Å². The minimum Gasteiger partial charge on any atom is -0.493 e. The summed E-state index contributed by atoms with van der Waals surface area (Å²) in [5.74, 6) is 0.881. The predicted octanol–water partition coefficient (Wildman–Crippen LogP) is 4.33. The normalized spacial score (nSPS) is 11.6. The zero-order valence-corrected chi connectivity index (χ0v) is 19.1. The molecule has 3 aromatic rings. The number of hydrogen-bond acceptors (Lipinski definition) is 6. The first kappa shape index (κ1) is 22.7. The Balaban J connectivity index is 1.75. The summed E-state index contributed by atoms with van der Waals surface area (Å²) in [6.07, 6.45) is 0. The fourth-order valence-electron chi connectivity index (χ4n) is 2.75. The molecule has 0 bridgehead atoms. The molecule has 0 fully saturated rings. The van der Waals surface area contributed by atoms with Gasteiger partial charge in [-0.2, -0.15) is 9.78 Å². The Kier molecular flexibility index (Phi) is 7.25. The van der Waals surface area contributed by atoms with Gasteiger partial charge in [0.15, 0.2) is 11.5 Å². The number of carbonyl (C=O) groups is 1. The van der Waals surface area contributed by atoms with E-state index in [4.69, 9.17) is 21.1 Å². The van der Waals surface area contributed by atoms with Crippen molar-refractivity contribution in [3.8, 4) is 17.2 Å². The molecule has 0 aliphatic carbocycles. The average Bonchev–Trinajstić information content (AvgIpc) is 2.76. The summed E-state index contributed by atoms with van der Waals surface area (Å²) in [6, 6.07) is 13.4. The fourth-order valence-corrected chi connectivity index (χ4v) is 3.73. The maximum absolute atomic E-state index is 12.7. The van der Waals surface area contributed by atoms with Crippen LogP contribution in [0, 0.1) is 6.92 Å². The first-order chi connectivity index (χ1) is 14.8. The lowest BCUT2D eigenvalue weighted by Crippen LogP contribution is -2.24. The topological polar surface area (TPSA) is 82.5 Å². The van der Waals surface area contributed by atoms with E-state index < -0.39 is 5.25 Å². The molecule has 1 aromatic heterocycles. The van der Waals surface area contributed by atoms with Gasteiger partial charge in [0.05, 0.1) is 25.2 Å². The van der Waals surface area contributed by atoms with Gasteiger partial charge in [-0.3, -0.25) is 9.59 Å². The van der Waals surface area contributed by atoms with E-state index in [1.165, 1.54) is 29.6 Å². The number of benzene rings is 2. The van der Waals surface area contributed by atoms with Crippen LogP contribution in [0.25, 0.3) is 5.69 Å². The molecule has 1 heterocycles. The number of nitrogens with zero attached hydrogens (tertiary/aromatic N) is 2. The molecule has 0 aliphatic rings. The molecule has 1 amide bonds. The summed E-state index contributed by atoms with van der Waals surface area (Å²) in [5.41, 5.74) is 1.77. The summed E-state index contributed by atoms with van der Waals surface area (Å²) in [6.45, 7) is 3.65. The Morgan fingerprint density at radius 3 is 2.52 bits per heavy atom. The van der Waals surface area contributed by atoms with Gasteiger partial charge in [-0.15, -0.1) is 0 Å². The Bertz CT molecular complexity index is 1170. The van der Waals surface area contributed by atoms with Crippen LogP contribution in [-0.4, -0.2) is 35.2 Å². The predicted molar refractivity (Wildman–Crippen MR) is 123 cm³/mol. The molecule has 0 saturated heterocycles. The number of thioether (sulfide) groups is 1. The van der Waals surface area contributed by atoms with Crippen molar-refractivity contribution in [3.63, 3.8) is 0 Å². The van der Waals surface area contributed by atoms with E-state index >= 15 is 0 Å². The van der Waals surface area contributed by atoms with Crippen LogP contribution < -0.4 is 20.3 Å². The third-order valence-electron chi connectivity index (χ3n) is 4.49. The largest absolute Gasteiger partial charge is 0.493 e. The molecule has 1 atom stereocenters. The van der Waals surface area contributed by atoms with Crippen molar-refractivity contribution in [1.82, 2.24) is 9.78 Å². The minimum absolute atomic E-state index is 0.213. The number of rotatable bonds is 7. The number of methoxy groups -OCH3 is 2. The molecule has 0 unspecified atom stereocenters. The summed E-state index contributed by atoms with van der Waals surface area (Å²) >= 11 is 7.42. The molecule has 0 saturated carbocycles. The van der Waals surface area contributed by atoms with Crippen LogP contribution in [0.15, 0.2) is 58.4 Å². The lowest BCUT2D eigenvalue weighted by molar-refractivity contribution is -0.115. The Hall–Kier alpha value is -2.97. The molecule has 0 radical (unpaired) electrons. The van der Waals surface area contributed by atoms with Crippen LogP contribution in [-0.2, 0) is 4.79 Å². The van der Waals surface area contributed by atoms with E-state index in [9.17, 15) is 9.59 Å². The fraction of sp³-hybridized carbons (Fsp3) is 0.227. The molecule has 3 rings (SSSR count). The molecule has 9 heteroatoms. The van der Waals surface area contributed by atoms with Crippen molar-refractivity contribution in [3.05, 3.63) is 69.5 Å². The smallest absolute Gasteiger partial charge is 0.271 e. The molecule has 0 aliphatic heterocycles. The van der Waals surface area contributed by atoms with Crippen LogP contribution >= 0.6 is 23.4 Å². The van der Waals surface area contributed by atoms with Crippen LogP contribution in [0.1, 0.15) is 12.5 Å². The third-order valence-corrected chi connectivity index (χ3v) is 5.93. The number of nitrogens with one attached hydrogen (secondary N) is 1. The maximum atomic E-state index is 12.7. The van der Waals surface area contributed by atoms with Crippen LogP contribution in [0.4, 0.5) is 5.69 Å². The standard InChI is InChI=1S/C22H22ClN3O4S/c1-13-5-7-16(12-17(13)23)26-21(27)10-9-20(25-26)31-14(2)22(28)24-15-6-8-18(29-3)19(11-15)30-4/h5-12,14H,1-4H3,(H,24,28)/t14-/m0/s1. The van der Waals surface area contributed by atoms with Gasteiger partial charge in [0.1, 0.15) is 5.03 Å². The number of aryl methyl sites for hydroxylation is 1. The lowest BCUT2D eigenvalue weighted by atomic mass is 10.2. The molecule has 7 nitrogen and oxygen atoms in total. The highest BCUT2D eigenvalue weighted by Crippen LogP contribution is 2.30. The second-order valence-corrected chi connectivity index (χ2v) is 8.44. The second-order valence-electron chi connectivity index (χ2n) is 6.67. The summed E-state index contributed by atoms with van der Waals surface area (Å²) in [7, 11) is 3.08. The van der Waals surface area contributed by atoms with Gasteiger partial charge >= 0.3 is 0 Å². The number of aromatic nitrogens is 2. The number of ether oxygens (including phenoxy) is 2. The van der Waals surface area contributed by atoms with E-state index in [0.29, 0.717) is 32.9 Å². The molecule has 31 heavy (non-hydrogen) atoms. The zero-order chi connectivity index (χ0) is 22.5. The highest BCUT2D eigenvalue weighted by atomic mass is 35.5. The Morgan fingerprint density at radius 2 is 1.84 bits per heavy atom. The highest BCUT2D eigenvalue weighted by Gasteiger charge is 2.17. The van der Waals surface area contributed by atoms with Gasteiger partial charge in [0, 0.05) is 22.8 Å². The number of halogens is 1. The number of anilines is 1. The van der Waals surface area contributed by atoms with Gasteiger partial charge in [-0.1, -0.05) is 29.4 Å². The molecule has 1 N–H and O–H groups in total. The first-order valence-corrected chi connectivity index (χ1v) is 10.6.